The number of rotatable bonds is 2. The Morgan fingerprint density at radius 3 is 2.23 bits per heavy atom. The Hall–Kier alpha value is -0.0231. The summed E-state index contributed by atoms with van der Waals surface area (Å²) in [6, 6.07) is 0. The standard InChI is InChI=1S/C15H28O6Si/c1-14(2,3)22(6,7)21-10-8-9(17-12(10)16)11-13(18-8)20-15(4,5)19-11/h8-13,16H,1-7H3/t8-,9-,10-,11+,12?,13+/m0/s1. The van der Waals surface area contributed by atoms with E-state index in [-0.39, 0.29) is 23.4 Å². The van der Waals surface area contributed by atoms with Crippen molar-refractivity contribution < 1.29 is 28.5 Å². The van der Waals surface area contributed by atoms with E-state index in [1.807, 2.05) is 13.8 Å². The molecule has 1 unspecified atom stereocenters. The third-order valence-corrected chi connectivity index (χ3v) is 9.64. The van der Waals surface area contributed by atoms with Gasteiger partial charge in [0, 0.05) is 0 Å². The molecule has 0 bridgehead atoms. The Kier molecular flexibility index (Phi) is 3.81. The molecule has 0 radical (unpaired) electrons. The van der Waals surface area contributed by atoms with Gasteiger partial charge in [0.05, 0.1) is 0 Å². The molecule has 22 heavy (non-hydrogen) atoms. The maximum Gasteiger partial charge on any atom is 0.192 e. The summed E-state index contributed by atoms with van der Waals surface area (Å²) in [7, 11) is -2.04. The summed E-state index contributed by atoms with van der Waals surface area (Å²) < 4.78 is 29.6. The number of hydrogen-bond donors (Lipinski definition) is 1. The third-order valence-electron chi connectivity index (χ3n) is 5.17. The minimum absolute atomic E-state index is 0.0499. The lowest BCUT2D eigenvalue weighted by Gasteiger charge is -2.39. The molecule has 0 amide bonds. The maximum atomic E-state index is 10.3. The lowest BCUT2D eigenvalue weighted by molar-refractivity contribution is -0.214. The van der Waals surface area contributed by atoms with Gasteiger partial charge in [-0.05, 0) is 32.0 Å². The molecule has 3 rings (SSSR count). The van der Waals surface area contributed by atoms with Crippen molar-refractivity contribution in [3.8, 4) is 0 Å². The van der Waals surface area contributed by atoms with Gasteiger partial charge >= 0.3 is 0 Å². The Morgan fingerprint density at radius 2 is 1.64 bits per heavy atom. The molecule has 3 heterocycles. The van der Waals surface area contributed by atoms with Gasteiger partial charge in [-0.2, -0.15) is 0 Å². The van der Waals surface area contributed by atoms with Crippen molar-refractivity contribution in [1.29, 1.82) is 0 Å². The molecule has 3 aliphatic rings. The molecule has 3 fully saturated rings. The highest BCUT2D eigenvalue weighted by Gasteiger charge is 2.63. The lowest BCUT2D eigenvalue weighted by atomic mass is 10.1. The first-order valence-corrected chi connectivity index (χ1v) is 10.8. The van der Waals surface area contributed by atoms with E-state index in [9.17, 15) is 5.11 Å². The normalized spacial score (nSPS) is 44.2. The van der Waals surface area contributed by atoms with Gasteiger partial charge in [-0.15, -0.1) is 0 Å². The van der Waals surface area contributed by atoms with E-state index < -0.39 is 32.8 Å². The molecule has 6 atom stereocenters. The Balaban J connectivity index is 1.74. The zero-order chi connectivity index (χ0) is 16.5. The van der Waals surface area contributed by atoms with Crippen molar-refractivity contribution in [3.63, 3.8) is 0 Å². The van der Waals surface area contributed by atoms with Crippen LogP contribution >= 0.6 is 0 Å². The Bertz CT molecular complexity index is 446. The fourth-order valence-corrected chi connectivity index (χ4v) is 4.25. The van der Waals surface area contributed by atoms with E-state index in [0.717, 1.165) is 0 Å². The summed E-state index contributed by atoms with van der Waals surface area (Å²) in [5.41, 5.74) is 0. The quantitative estimate of drug-likeness (QED) is 0.780. The van der Waals surface area contributed by atoms with Crippen molar-refractivity contribution in [2.75, 3.05) is 0 Å². The van der Waals surface area contributed by atoms with Crippen molar-refractivity contribution in [2.45, 2.75) is 95.5 Å². The van der Waals surface area contributed by atoms with Crippen LogP contribution in [0, 0.1) is 0 Å². The second kappa shape index (κ2) is 4.99. The third kappa shape index (κ3) is 2.66. The van der Waals surface area contributed by atoms with Crippen molar-refractivity contribution >= 4 is 8.32 Å². The second-order valence-electron chi connectivity index (χ2n) is 8.40. The van der Waals surface area contributed by atoms with Crippen LogP contribution in [0.3, 0.4) is 0 Å². The first-order chi connectivity index (χ1) is 9.91. The topological polar surface area (TPSA) is 66.4 Å². The van der Waals surface area contributed by atoms with E-state index in [2.05, 4.69) is 33.9 Å². The van der Waals surface area contributed by atoms with Gasteiger partial charge in [-0.25, -0.2) is 0 Å². The number of aliphatic hydroxyl groups is 1. The number of aliphatic hydroxyl groups excluding tert-OH is 1. The largest absolute Gasteiger partial charge is 0.406 e. The van der Waals surface area contributed by atoms with Crippen LogP contribution in [0.15, 0.2) is 0 Å². The van der Waals surface area contributed by atoms with E-state index in [1.165, 1.54) is 0 Å². The molecule has 3 aliphatic heterocycles. The van der Waals surface area contributed by atoms with E-state index in [4.69, 9.17) is 23.4 Å². The number of fused-ring (bicyclic) bond motifs is 3. The molecular weight excluding hydrogens is 304 g/mol. The van der Waals surface area contributed by atoms with Gasteiger partial charge < -0.3 is 28.5 Å². The van der Waals surface area contributed by atoms with Gasteiger partial charge in [0.2, 0.25) is 0 Å². The van der Waals surface area contributed by atoms with E-state index in [1.54, 1.807) is 0 Å². The second-order valence-corrected chi connectivity index (χ2v) is 13.2. The van der Waals surface area contributed by atoms with Crippen molar-refractivity contribution in [2.24, 2.45) is 0 Å². The zero-order valence-electron chi connectivity index (χ0n) is 14.5. The first-order valence-electron chi connectivity index (χ1n) is 7.94. The molecule has 0 aliphatic carbocycles. The van der Waals surface area contributed by atoms with Crippen LogP contribution in [0.4, 0.5) is 0 Å². The van der Waals surface area contributed by atoms with Crippen LogP contribution in [-0.2, 0) is 23.4 Å². The van der Waals surface area contributed by atoms with Crippen molar-refractivity contribution in [3.05, 3.63) is 0 Å². The Labute approximate surface area is 133 Å². The predicted molar refractivity (Wildman–Crippen MR) is 81.6 cm³/mol. The van der Waals surface area contributed by atoms with Crippen molar-refractivity contribution in [1.82, 2.24) is 0 Å². The molecular formula is C15H28O6Si. The summed E-state index contributed by atoms with van der Waals surface area (Å²) in [5.74, 6) is -0.688. The molecule has 0 aromatic carbocycles. The van der Waals surface area contributed by atoms with Gasteiger partial charge in [0.25, 0.3) is 0 Å². The van der Waals surface area contributed by atoms with Gasteiger partial charge in [-0.3, -0.25) is 0 Å². The number of ether oxygens (including phenoxy) is 4. The molecule has 0 aromatic heterocycles. The van der Waals surface area contributed by atoms with Crippen LogP contribution in [0.2, 0.25) is 18.1 Å². The van der Waals surface area contributed by atoms with Crippen LogP contribution in [0.1, 0.15) is 34.6 Å². The van der Waals surface area contributed by atoms with Gasteiger partial charge in [0.1, 0.15) is 24.4 Å². The molecule has 6 nitrogen and oxygen atoms in total. The van der Waals surface area contributed by atoms with E-state index >= 15 is 0 Å². The van der Waals surface area contributed by atoms with Crippen LogP contribution < -0.4 is 0 Å². The smallest absolute Gasteiger partial charge is 0.192 e. The highest BCUT2D eigenvalue weighted by atomic mass is 28.4. The maximum absolute atomic E-state index is 10.3. The molecule has 3 saturated heterocycles. The van der Waals surface area contributed by atoms with E-state index in [0.29, 0.717) is 0 Å². The predicted octanol–water partition coefficient (Wildman–Crippen LogP) is 1.97. The Morgan fingerprint density at radius 1 is 1.00 bits per heavy atom. The molecule has 128 valence electrons. The summed E-state index contributed by atoms with van der Waals surface area (Å²) >= 11 is 0. The average Bonchev–Trinajstić information content (AvgIpc) is 2.87. The molecule has 0 saturated carbocycles. The van der Waals surface area contributed by atoms with Crippen LogP contribution in [0.5, 0.6) is 0 Å². The number of hydrogen-bond acceptors (Lipinski definition) is 6. The lowest BCUT2D eigenvalue weighted by Crippen LogP contribution is -2.49. The molecule has 7 heteroatoms. The molecule has 0 spiro atoms. The SMILES string of the molecule is CC1(C)O[C@H]2O[C@H]3[C@H](OC(O)[C@H]3O[Si](C)(C)C(C)(C)C)[C@H]2O1. The van der Waals surface area contributed by atoms with Gasteiger partial charge in [-0.1, -0.05) is 20.8 Å². The summed E-state index contributed by atoms with van der Waals surface area (Å²) in [6.07, 6.45) is -2.96. The highest BCUT2D eigenvalue weighted by molar-refractivity contribution is 6.74. The zero-order valence-corrected chi connectivity index (χ0v) is 15.5. The van der Waals surface area contributed by atoms with Crippen LogP contribution in [0.25, 0.3) is 0 Å². The molecule has 1 N–H and O–H groups in total. The summed E-state index contributed by atoms with van der Waals surface area (Å²) in [6.45, 7) is 14.5. The first kappa shape index (κ1) is 16.8. The average molecular weight is 332 g/mol. The highest BCUT2D eigenvalue weighted by Crippen LogP contribution is 2.46. The monoisotopic (exact) mass is 332 g/mol. The fraction of sp³-hybridized carbons (Fsp3) is 1.00. The van der Waals surface area contributed by atoms with Gasteiger partial charge in [0.15, 0.2) is 26.7 Å². The minimum Gasteiger partial charge on any atom is -0.406 e. The fourth-order valence-electron chi connectivity index (χ4n) is 2.97. The molecule has 0 aromatic rings. The summed E-state index contributed by atoms with van der Waals surface area (Å²) in [5, 5.41) is 10.3. The minimum atomic E-state index is -2.04. The van der Waals surface area contributed by atoms with Crippen LogP contribution in [-0.4, -0.2) is 56.2 Å². The summed E-state index contributed by atoms with van der Waals surface area (Å²) in [4.78, 5) is 0.